The van der Waals surface area contributed by atoms with Gasteiger partial charge in [0.25, 0.3) is 0 Å². The van der Waals surface area contributed by atoms with Gasteiger partial charge in [-0.3, -0.25) is 9.89 Å². The van der Waals surface area contributed by atoms with Crippen LogP contribution in [0.1, 0.15) is 44.0 Å². The SMILES string of the molecule is CCN(CCCNC(=NC)NCC(c1cccs1)N1CCC(C)CC1)S(C)(=O)=O. The van der Waals surface area contributed by atoms with Gasteiger partial charge in [-0.1, -0.05) is 19.9 Å². The normalized spacial score (nSPS) is 18.2. The smallest absolute Gasteiger partial charge is 0.211 e. The second-order valence-corrected chi connectivity index (χ2v) is 10.7. The first-order chi connectivity index (χ1) is 13.8. The summed E-state index contributed by atoms with van der Waals surface area (Å²) in [5.74, 6) is 1.58. The number of nitrogens with zero attached hydrogens (tertiary/aromatic N) is 3. The zero-order valence-corrected chi connectivity index (χ0v) is 19.9. The van der Waals surface area contributed by atoms with Gasteiger partial charge in [0.1, 0.15) is 0 Å². The molecule has 0 spiro atoms. The summed E-state index contributed by atoms with van der Waals surface area (Å²) in [5.41, 5.74) is 0. The number of thiophene rings is 1. The van der Waals surface area contributed by atoms with Crippen LogP contribution in [0.3, 0.4) is 0 Å². The van der Waals surface area contributed by atoms with E-state index in [0.717, 1.165) is 37.9 Å². The van der Waals surface area contributed by atoms with Gasteiger partial charge >= 0.3 is 0 Å². The van der Waals surface area contributed by atoms with E-state index >= 15 is 0 Å². The summed E-state index contributed by atoms with van der Waals surface area (Å²) >= 11 is 1.81. The van der Waals surface area contributed by atoms with Gasteiger partial charge in [-0.2, -0.15) is 0 Å². The molecule has 2 rings (SSSR count). The Balaban J connectivity index is 1.84. The maximum absolute atomic E-state index is 11.7. The highest BCUT2D eigenvalue weighted by Gasteiger charge is 2.25. The minimum absolute atomic E-state index is 0.349. The second-order valence-electron chi connectivity index (χ2n) is 7.74. The standard InChI is InChI=1S/C20H37N5O2S2/c1-5-25(29(4,26)27)12-7-11-22-20(21-3)23-16-18(19-8-6-15-28-19)24-13-9-17(2)10-14-24/h6,8,15,17-18H,5,7,9-14,16H2,1-4H3,(H2,21,22,23). The number of rotatable bonds is 10. The van der Waals surface area contributed by atoms with Gasteiger partial charge in [-0.05, 0) is 49.7 Å². The molecule has 1 atom stereocenters. The molecular formula is C20H37N5O2S2. The molecule has 1 saturated heterocycles. The lowest BCUT2D eigenvalue weighted by Crippen LogP contribution is -2.45. The minimum Gasteiger partial charge on any atom is -0.356 e. The summed E-state index contributed by atoms with van der Waals surface area (Å²) < 4.78 is 24.8. The third kappa shape index (κ3) is 7.88. The number of piperidine rings is 1. The van der Waals surface area contributed by atoms with Crippen molar-refractivity contribution in [1.82, 2.24) is 19.8 Å². The van der Waals surface area contributed by atoms with Crippen LogP contribution >= 0.6 is 11.3 Å². The molecule has 0 saturated carbocycles. The van der Waals surface area contributed by atoms with Crippen LogP contribution in [0.15, 0.2) is 22.5 Å². The fraction of sp³-hybridized carbons (Fsp3) is 0.750. The zero-order chi connectivity index (χ0) is 21.3. The van der Waals surface area contributed by atoms with Crippen LogP contribution in [0, 0.1) is 5.92 Å². The number of hydrogen-bond acceptors (Lipinski definition) is 5. The van der Waals surface area contributed by atoms with E-state index in [1.54, 1.807) is 7.05 Å². The number of guanidine groups is 1. The van der Waals surface area contributed by atoms with Crippen molar-refractivity contribution in [3.05, 3.63) is 22.4 Å². The fourth-order valence-corrected chi connectivity index (χ4v) is 5.46. The number of sulfonamides is 1. The number of nitrogens with one attached hydrogen (secondary N) is 2. The molecule has 0 bridgehead atoms. The molecule has 1 fully saturated rings. The van der Waals surface area contributed by atoms with E-state index < -0.39 is 10.0 Å². The Kier molecular flexibility index (Phi) is 9.88. The molecule has 1 aromatic heterocycles. The van der Waals surface area contributed by atoms with Gasteiger partial charge in [-0.25, -0.2) is 12.7 Å². The predicted octanol–water partition coefficient (Wildman–Crippen LogP) is 2.36. The monoisotopic (exact) mass is 443 g/mol. The molecule has 1 aromatic rings. The van der Waals surface area contributed by atoms with Gasteiger partial charge in [0.15, 0.2) is 5.96 Å². The minimum atomic E-state index is -3.13. The van der Waals surface area contributed by atoms with Gasteiger partial charge in [0, 0.05) is 38.1 Å². The molecule has 0 amide bonds. The van der Waals surface area contributed by atoms with E-state index in [1.807, 2.05) is 18.3 Å². The van der Waals surface area contributed by atoms with Crippen LogP contribution in [-0.4, -0.2) is 76.2 Å². The Morgan fingerprint density at radius 1 is 1.38 bits per heavy atom. The maximum Gasteiger partial charge on any atom is 0.211 e. The lowest BCUT2D eigenvalue weighted by atomic mass is 9.97. The topological polar surface area (TPSA) is 77.0 Å². The molecule has 29 heavy (non-hydrogen) atoms. The summed E-state index contributed by atoms with van der Waals surface area (Å²) in [6.07, 6.45) is 4.50. The summed E-state index contributed by atoms with van der Waals surface area (Å²) in [7, 11) is -1.36. The Morgan fingerprint density at radius 2 is 2.10 bits per heavy atom. The molecule has 7 nitrogen and oxygen atoms in total. The average Bonchev–Trinajstić information content (AvgIpc) is 3.21. The molecule has 0 aromatic carbocycles. The maximum atomic E-state index is 11.7. The van der Waals surface area contributed by atoms with Crippen molar-refractivity contribution in [2.75, 3.05) is 52.6 Å². The van der Waals surface area contributed by atoms with Crippen molar-refractivity contribution in [3.63, 3.8) is 0 Å². The van der Waals surface area contributed by atoms with Gasteiger partial charge < -0.3 is 10.6 Å². The van der Waals surface area contributed by atoms with E-state index in [4.69, 9.17) is 0 Å². The average molecular weight is 444 g/mol. The Morgan fingerprint density at radius 3 is 2.66 bits per heavy atom. The van der Waals surface area contributed by atoms with E-state index in [0.29, 0.717) is 25.7 Å². The molecule has 1 aliphatic heterocycles. The lowest BCUT2D eigenvalue weighted by molar-refractivity contribution is 0.140. The molecule has 0 radical (unpaired) electrons. The number of hydrogen-bond donors (Lipinski definition) is 2. The zero-order valence-electron chi connectivity index (χ0n) is 18.2. The van der Waals surface area contributed by atoms with E-state index in [2.05, 4.69) is 45.0 Å². The summed E-state index contributed by atoms with van der Waals surface area (Å²) in [6, 6.07) is 4.69. The molecule has 0 aliphatic carbocycles. The van der Waals surface area contributed by atoms with Crippen LogP contribution in [0.2, 0.25) is 0 Å². The first-order valence-corrected chi connectivity index (χ1v) is 13.2. The first kappa shape index (κ1) is 24.1. The molecule has 166 valence electrons. The Bertz CT molecular complexity index is 713. The molecule has 1 unspecified atom stereocenters. The third-order valence-electron chi connectivity index (χ3n) is 5.52. The van der Waals surface area contributed by atoms with Crippen molar-refractivity contribution in [2.24, 2.45) is 10.9 Å². The summed E-state index contributed by atoms with van der Waals surface area (Å²) in [4.78, 5) is 8.30. The van der Waals surface area contributed by atoms with Crippen LogP contribution in [0.25, 0.3) is 0 Å². The third-order valence-corrected chi connectivity index (χ3v) is 7.87. The van der Waals surface area contributed by atoms with Gasteiger partial charge in [0.05, 0.1) is 12.3 Å². The highest BCUT2D eigenvalue weighted by molar-refractivity contribution is 7.88. The summed E-state index contributed by atoms with van der Waals surface area (Å²) in [5, 5.41) is 8.93. The van der Waals surface area contributed by atoms with E-state index in [1.165, 1.54) is 28.3 Å². The molecule has 2 heterocycles. The van der Waals surface area contributed by atoms with Crippen molar-refractivity contribution in [3.8, 4) is 0 Å². The largest absolute Gasteiger partial charge is 0.356 e. The van der Waals surface area contributed by atoms with Crippen molar-refractivity contribution >= 4 is 27.3 Å². The predicted molar refractivity (Wildman–Crippen MR) is 123 cm³/mol. The van der Waals surface area contributed by atoms with Gasteiger partial charge in [0.2, 0.25) is 10.0 Å². The van der Waals surface area contributed by atoms with Crippen molar-refractivity contribution < 1.29 is 8.42 Å². The first-order valence-electron chi connectivity index (χ1n) is 10.5. The van der Waals surface area contributed by atoms with Crippen LogP contribution in [0.4, 0.5) is 0 Å². The molecule has 9 heteroatoms. The van der Waals surface area contributed by atoms with Crippen molar-refractivity contribution in [1.29, 1.82) is 0 Å². The molecule has 2 N–H and O–H groups in total. The van der Waals surface area contributed by atoms with E-state index in [9.17, 15) is 8.42 Å². The quantitative estimate of drug-likeness (QED) is 0.330. The van der Waals surface area contributed by atoms with E-state index in [-0.39, 0.29) is 0 Å². The van der Waals surface area contributed by atoms with Crippen LogP contribution < -0.4 is 10.6 Å². The number of likely N-dealkylation sites (tertiary alicyclic amines) is 1. The lowest BCUT2D eigenvalue weighted by Gasteiger charge is -2.36. The highest BCUT2D eigenvalue weighted by Crippen LogP contribution is 2.29. The molecule has 1 aliphatic rings. The van der Waals surface area contributed by atoms with Crippen LogP contribution in [-0.2, 0) is 10.0 Å². The van der Waals surface area contributed by atoms with Crippen LogP contribution in [0.5, 0.6) is 0 Å². The Hall–Kier alpha value is -1.16. The second kappa shape index (κ2) is 11.9. The fourth-order valence-electron chi connectivity index (χ4n) is 3.67. The highest BCUT2D eigenvalue weighted by atomic mass is 32.2. The number of aliphatic imine (C=N–C) groups is 1. The van der Waals surface area contributed by atoms with Crippen molar-refractivity contribution in [2.45, 2.75) is 39.2 Å². The Labute approximate surface area is 180 Å². The van der Waals surface area contributed by atoms with Gasteiger partial charge in [-0.15, -0.1) is 11.3 Å². The molecular weight excluding hydrogens is 406 g/mol. The summed E-state index contributed by atoms with van der Waals surface area (Å²) in [6.45, 7) is 8.97.